The highest BCUT2D eigenvalue weighted by atomic mass is 35.5. The smallest absolute Gasteiger partial charge is 0.0224 e. The van der Waals surface area contributed by atoms with Crippen LogP contribution < -0.4 is 5.32 Å². The first-order valence-electron chi connectivity index (χ1n) is 4.28. The first-order valence-corrected chi connectivity index (χ1v) is 4.28. The number of nitrogens with zero attached hydrogens (tertiary/aromatic N) is 1. The second kappa shape index (κ2) is 3.74. The van der Waals surface area contributed by atoms with Gasteiger partial charge < -0.3 is 10.2 Å². The second-order valence-electron chi connectivity index (χ2n) is 3.66. The van der Waals surface area contributed by atoms with Gasteiger partial charge in [0.1, 0.15) is 0 Å². The van der Waals surface area contributed by atoms with Crippen LogP contribution in [0.25, 0.3) is 0 Å². The largest absolute Gasteiger partial charge is 0.312 e. The van der Waals surface area contributed by atoms with E-state index in [9.17, 15) is 0 Å². The third-order valence-electron chi connectivity index (χ3n) is 2.88. The average Bonchev–Trinajstić information content (AvgIpc) is 2.33. The normalized spacial score (nSPS) is 37.9. The predicted octanol–water partition coefficient (Wildman–Crippen LogP) is 0.722. The molecule has 2 fully saturated rings. The third-order valence-corrected chi connectivity index (χ3v) is 2.88. The minimum Gasteiger partial charge on any atom is -0.312 e. The monoisotopic (exact) mass is 176 g/mol. The van der Waals surface area contributed by atoms with Crippen molar-refractivity contribution in [2.45, 2.75) is 18.9 Å². The Kier molecular flexibility index (Phi) is 3.16. The molecule has 2 aliphatic heterocycles. The van der Waals surface area contributed by atoms with Crippen molar-refractivity contribution < 1.29 is 0 Å². The molecule has 2 aliphatic rings. The van der Waals surface area contributed by atoms with Crippen molar-refractivity contribution in [1.82, 2.24) is 10.2 Å². The molecule has 0 unspecified atom stereocenters. The molecular formula is C8H17ClN2. The topological polar surface area (TPSA) is 15.3 Å². The van der Waals surface area contributed by atoms with Crippen molar-refractivity contribution in [2.75, 3.05) is 26.7 Å². The molecular weight excluding hydrogens is 160 g/mol. The fraction of sp³-hybridized carbons (Fsp3) is 1.00. The molecule has 2 rings (SSSR count). The third kappa shape index (κ3) is 1.86. The minimum absolute atomic E-state index is 0. The molecule has 0 aliphatic carbocycles. The molecule has 66 valence electrons. The second-order valence-corrected chi connectivity index (χ2v) is 3.66. The highest BCUT2D eigenvalue weighted by Gasteiger charge is 2.30. The lowest BCUT2D eigenvalue weighted by molar-refractivity contribution is 0.198. The van der Waals surface area contributed by atoms with Crippen LogP contribution in [0.5, 0.6) is 0 Å². The lowest BCUT2D eigenvalue weighted by Crippen LogP contribution is -2.44. The molecule has 0 spiro atoms. The molecule has 0 amide bonds. The summed E-state index contributed by atoms with van der Waals surface area (Å²) in [4.78, 5) is 2.43. The molecule has 2 heterocycles. The van der Waals surface area contributed by atoms with Crippen LogP contribution in [0.1, 0.15) is 12.8 Å². The van der Waals surface area contributed by atoms with Crippen LogP contribution >= 0.6 is 12.4 Å². The van der Waals surface area contributed by atoms with Gasteiger partial charge in [0.2, 0.25) is 0 Å². The maximum atomic E-state index is 3.55. The number of likely N-dealkylation sites (tertiary alicyclic amines) is 1. The first-order chi connectivity index (χ1) is 4.86. The molecule has 11 heavy (non-hydrogen) atoms. The number of hydrogen-bond donors (Lipinski definition) is 1. The Morgan fingerprint density at radius 2 is 2.18 bits per heavy atom. The zero-order valence-corrected chi connectivity index (χ0v) is 7.86. The molecule has 0 aromatic rings. The van der Waals surface area contributed by atoms with Gasteiger partial charge in [0.05, 0.1) is 0 Å². The lowest BCUT2D eigenvalue weighted by atomic mass is 9.93. The molecule has 2 atom stereocenters. The first kappa shape index (κ1) is 9.30. The Balaban J connectivity index is 0.000000605. The van der Waals surface area contributed by atoms with E-state index in [0.717, 1.165) is 12.0 Å². The number of rotatable bonds is 0. The highest BCUT2D eigenvalue weighted by Crippen LogP contribution is 2.23. The maximum Gasteiger partial charge on any atom is 0.0224 e. The SMILES string of the molecule is CN1CC[C@H]2CCN[C@H]2C1.Cl. The van der Waals surface area contributed by atoms with E-state index in [-0.39, 0.29) is 12.4 Å². The van der Waals surface area contributed by atoms with Crippen molar-refractivity contribution in [3.63, 3.8) is 0 Å². The summed E-state index contributed by atoms with van der Waals surface area (Å²) in [7, 11) is 2.22. The summed E-state index contributed by atoms with van der Waals surface area (Å²) in [6.45, 7) is 3.83. The maximum absolute atomic E-state index is 3.55. The van der Waals surface area contributed by atoms with Gasteiger partial charge in [-0.15, -0.1) is 12.4 Å². The summed E-state index contributed by atoms with van der Waals surface area (Å²) >= 11 is 0. The minimum atomic E-state index is 0. The van der Waals surface area contributed by atoms with E-state index in [2.05, 4.69) is 17.3 Å². The van der Waals surface area contributed by atoms with Gasteiger partial charge in [0, 0.05) is 12.6 Å². The fourth-order valence-corrected chi connectivity index (χ4v) is 2.19. The number of halogens is 1. The standard InChI is InChI=1S/C8H16N2.ClH/c1-10-5-3-7-2-4-9-8(7)6-10;/h7-9H,2-6H2,1H3;1H/t7-,8+;/m1./s1. The number of nitrogens with one attached hydrogen (secondary N) is 1. The molecule has 2 nitrogen and oxygen atoms in total. The van der Waals surface area contributed by atoms with Crippen LogP contribution in [0.2, 0.25) is 0 Å². The van der Waals surface area contributed by atoms with Gasteiger partial charge in [0.25, 0.3) is 0 Å². The van der Waals surface area contributed by atoms with Gasteiger partial charge in [-0.2, -0.15) is 0 Å². The summed E-state index contributed by atoms with van der Waals surface area (Å²) in [5, 5.41) is 3.55. The van der Waals surface area contributed by atoms with Crippen molar-refractivity contribution in [3.8, 4) is 0 Å². The van der Waals surface area contributed by atoms with Crippen molar-refractivity contribution >= 4 is 12.4 Å². The van der Waals surface area contributed by atoms with E-state index < -0.39 is 0 Å². The van der Waals surface area contributed by atoms with Crippen LogP contribution in [0.3, 0.4) is 0 Å². The highest BCUT2D eigenvalue weighted by molar-refractivity contribution is 5.85. The molecule has 0 aromatic heterocycles. The van der Waals surface area contributed by atoms with Gasteiger partial charge >= 0.3 is 0 Å². The van der Waals surface area contributed by atoms with Crippen molar-refractivity contribution in [1.29, 1.82) is 0 Å². The Hall–Kier alpha value is 0.210. The van der Waals surface area contributed by atoms with Crippen LogP contribution in [0.15, 0.2) is 0 Å². The van der Waals surface area contributed by atoms with E-state index >= 15 is 0 Å². The van der Waals surface area contributed by atoms with E-state index in [1.54, 1.807) is 0 Å². The van der Waals surface area contributed by atoms with Gasteiger partial charge in [-0.1, -0.05) is 0 Å². The van der Waals surface area contributed by atoms with Gasteiger partial charge in [-0.05, 0) is 38.9 Å². The number of likely N-dealkylation sites (N-methyl/N-ethyl adjacent to an activating group) is 1. The Morgan fingerprint density at radius 1 is 1.36 bits per heavy atom. The van der Waals surface area contributed by atoms with Crippen LogP contribution in [-0.4, -0.2) is 37.6 Å². The summed E-state index contributed by atoms with van der Waals surface area (Å²) in [5.74, 6) is 0.996. The van der Waals surface area contributed by atoms with E-state index in [1.807, 2.05) is 0 Å². The van der Waals surface area contributed by atoms with Crippen molar-refractivity contribution in [2.24, 2.45) is 5.92 Å². The summed E-state index contributed by atoms with van der Waals surface area (Å²) < 4.78 is 0. The Labute approximate surface area is 74.7 Å². The van der Waals surface area contributed by atoms with Crippen LogP contribution in [0, 0.1) is 5.92 Å². The Bertz CT molecular complexity index is 129. The van der Waals surface area contributed by atoms with E-state index in [1.165, 1.54) is 32.5 Å². The predicted molar refractivity (Wildman–Crippen MR) is 49.3 cm³/mol. The molecule has 0 aromatic carbocycles. The molecule has 0 radical (unpaired) electrons. The lowest BCUT2D eigenvalue weighted by Gasteiger charge is -2.31. The quantitative estimate of drug-likeness (QED) is 0.586. The fourth-order valence-electron chi connectivity index (χ4n) is 2.19. The van der Waals surface area contributed by atoms with Gasteiger partial charge in [-0.25, -0.2) is 0 Å². The zero-order valence-electron chi connectivity index (χ0n) is 7.05. The van der Waals surface area contributed by atoms with Crippen LogP contribution in [-0.2, 0) is 0 Å². The molecule has 3 heteroatoms. The summed E-state index contributed by atoms with van der Waals surface area (Å²) in [5.41, 5.74) is 0. The molecule has 1 N–H and O–H groups in total. The number of fused-ring (bicyclic) bond motifs is 1. The van der Waals surface area contributed by atoms with E-state index in [4.69, 9.17) is 0 Å². The number of hydrogen-bond acceptors (Lipinski definition) is 2. The summed E-state index contributed by atoms with van der Waals surface area (Å²) in [6.07, 6.45) is 2.83. The van der Waals surface area contributed by atoms with Crippen molar-refractivity contribution in [3.05, 3.63) is 0 Å². The molecule has 0 bridgehead atoms. The van der Waals surface area contributed by atoms with Gasteiger partial charge in [0.15, 0.2) is 0 Å². The van der Waals surface area contributed by atoms with Gasteiger partial charge in [-0.3, -0.25) is 0 Å². The Morgan fingerprint density at radius 3 is 3.00 bits per heavy atom. The van der Waals surface area contributed by atoms with Crippen LogP contribution in [0.4, 0.5) is 0 Å². The molecule has 2 saturated heterocycles. The molecule has 0 saturated carbocycles. The summed E-state index contributed by atoms with van der Waals surface area (Å²) in [6, 6.07) is 0.818. The number of piperidine rings is 1. The van der Waals surface area contributed by atoms with E-state index in [0.29, 0.717) is 0 Å². The average molecular weight is 177 g/mol. The zero-order chi connectivity index (χ0) is 6.97.